The van der Waals surface area contributed by atoms with Crippen LogP contribution in [0.25, 0.3) is 6.08 Å². The van der Waals surface area contributed by atoms with Crippen molar-refractivity contribution in [3.63, 3.8) is 0 Å². The molecule has 6 nitrogen and oxygen atoms in total. The van der Waals surface area contributed by atoms with Crippen LogP contribution >= 0.6 is 0 Å². The number of sulfonamides is 1. The van der Waals surface area contributed by atoms with E-state index in [0.717, 1.165) is 25.9 Å². The van der Waals surface area contributed by atoms with Crippen LogP contribution < -0.4 is 0 Å². The molecule has 0 N–H and O–H groups in total. The van der Waals surface area contributed by atoms with Gasteiger partial charge < -0.3 is 4.90 Å². The molecule has 1 saturated heterocycles. The van der Waals surface area contributed by atoms with E-state index in [2.05, 4.69) is 29.2 Å². The first-order chi connectivity index (χ1) is 14.4. The van der Waals surface area contributed by atoms with Crippen LogP contribution in [0, 0.1) is 0 Å². The molecule has 0 unspecified atom stereocenters. The molecule has 0 bridgehead atoms. The van der Waals surface area contributed by atoms with E-state index in [1.54, 1.807) is 17.0 Å². The van der Waals surface area contributed by atoms with Gasteiger partial charge in [-0.15, -0.1) is 0 Å². The predicted molar refractivity (Wildman–Crippen MR) is 120 cm³/mol. The van der Waals surface area contributed by atoms with E-state index in [0.29, 0.717) is 18.7 Å². The molecule has 160 valence electrons. The third-order valence-corrected chi connectivity index (χ3v) is 6.65. The van der Waals surface area contributed by atoms with Crippen molar-refractivity contribution in [2.75, 3.05) is 46.0 Å². The SMILES string of the molecule is CN([C@@H](C(=O)N1CCN(C/C=C/c2ccccc2)CC1)c1ccccc1)S(C)(=O)=O. The van der Waals surface area contributed by atoms with E-state index >= 15 is 0 Å². The molecular weight excluding hydrogens is 398 g/mol. The number of hydrogen-bond acceptors (Lipinski definition) is 4. The summed E-state index contributed by atoms with van der Waals surface area (Å²) >= 11 is 0. The van der Waals surface area contributed by atoms with Crippen LogP contribution in [-0.4, -0.2) is 74.5 Å². The molecule has 0 radical (unpaired) electrons. The Kier molecular flexibility index (Phi) is 7.42. The second-order valence-electron chi connectivity index (χ2n) is 7.53. The summed E-state index contributed by atoms with van der Waals surface area (Å²) in [6.45, 7) is 3.50. The first-order valence-corrected chi connectivity index (χ1v) is 11.9. The molecule has 1 aliphatic rings. The molecule has 2 aromatic carbocycles. The molecule has 3 rings (SSSR count). The van der Waals surface area contributed by atoms with Gasteiger partial charge in [-0.3, -0.25) is 9.69 Å². The van der Waals surface area contributed by atoms with E-state index in [4.69, 9.17) is 0 Å². The minimum absolute atomic E-state index is 0.173. The summed E-state index contributed by atoms with van der Waals surface area (Å²) in [7, 11) is -2.05. The van der Waals surface area contributed by atoms with E-state index < -0.39 is 16.1 Å². The summed E-state index contributed by atoms with van der Waals surface area (Å²) in [5, 5.41) is 0. The standard InChI is InChI=1S/C23H29N3O3S/c1-24(30(2,28)29)22(21-13-7-4-8-14-21)23(27)26-18-16-25(17-19-26)15-9-12-20-10-5-3-6-11-20/h3-14,22H,15-19H2,1-2H3/b12-9+/t22-/m1/s1. The summed E-state index contributed by atoms with van der Waals surface area (Å²) < 4.78 is 25.5. The van der Waals surface area contributed by atoms with Crippen molar-refractivity contribution in [2.24, 2.45) is 0 Å². The highest BCUT2D eigenvalue weighted by atomic mass is 32.2. The lowest BCUT2D eigenvalue weighted by Gasteiger charge is -2.37. The van der Waals surface area contributed by atoms with Gasteiger partial charge in [0.2, 0.25) is 15.9 Å². The van der Waals surface area contributed by atoms with E-state index in [-0.39, 0.29) is 5.91 Å². The minimum Gasteiger partial charge on any atom is -0.338 e. The van der Waals surface area contributed by atoms with Gasteiger partial charge in [-0.25, -0.2) is 8.42 Å². The third-order valence-electron chi connectivity index (χ3n) is 5.39. The lowest BCUT2D eigenvalue weighted by atomic mass is 10.1. The Labute approximate surface area is 179 Å². The highest BCUT2D eigenvalue weighted by Gasteiger charge is 2.34. The first kappa shape index (κ1) is 22.2. The largest absolute Gasteiger partial charge is 0.338 e. The normalized spacial score (nSPS) is 16.8. The van der Waals surface area contributed by atoms with Crippen molar-refractivity contribution in [3.8, 4) is 0 Å². The zero-order valence-corrected chi connectivity index (χ0v) is 18.3. The number of carbonyl (C=O) groups is 1. The Balaban J connectivity index is 1.62. The van der Waals surface area contributed by atoms with Gasteiger partial charge in [0.25, 0.3) is 0 Å². The number of hydrogen-bond donors (Lipinski definition) is 0. The molecule has 0 aliphatic carbocycles. The molecule has 1 heterocycles. The van der Waals surface area contributed by atoms with Crippen LogP contribution in [-0.2, 0) is 14.8 Å². The fourth-order valence-electron chi connectivity index (χ4n) is 3.56. The van der Waals surface area contributed by atoms with Gasteiger partial charge in [0, 0.05) is 39.8 Å². The molecule has 0 aromatic heterocycles. The van der Waals surface area contributed by atoms with Crippen LogP contribution in [0.5, 0.6) is 0 Å². The van der Waals surface area contributed by atoms with Crippen LogP contribution in [0.1, 0.15) is 17.2 Å². The highest BCUT2D eigenvalue weighted by molar-refractivity contribution is 7.88. The van der Waals surface area contributed by atoms with Gasteiger partial charge in [-0.2, -0.15) is 4.31 Å². The van der Waals surface area contributed by atoms with Crippen molar-refractivity contribution in [1.82, 2.24) is 14.1 Å². The average Bonchev–Trinajstić information content (AvgIpc) is 2.75. The van der Waals surface area contributed by atoms with E-state index in [1.165, 1.54) is 16.9 Å². The second-order valence-corrected chi connectivity index (χ2v) is 9.57. The maximum absolute atomic E-state index is 13.3. The fraction of sp³-hybridized carbons (Fsp3) is 0.348. The smallest absolute Gasteiger partial charge is 0.245 e. The Morgan fingerprint density at radius 3 is 2.13 bits per heavy atom. The van der Waals surface area contributed by atoms with E-state index in [1.807, 2.05) is 36.4 Å². The number of carbonyl (C=O) groups excluding carboxylic acids is 1. The Morgan fingerprint density at radius 1 is 1.00 bits per heavy atom. The molecule has 7 heteroatoms. The zero-order valence-electron chi connectivity index (χ0n) is 17.5. The molecule has 1 aliphatic heterocycles. The Hall–Kier alpha value is -2.48. The molecule has 1 atom stereocenters. The number of likely N-dealkylation sites (N-methyl/N-ethyl adjacent to an activating group) is 1. The monoisotopic (exact) mass is 427 g/mol. The lowest BCUT2D eigenvalue weighted by Crippen LogP contribution is -2.52. The van der Waals surface area contributed by atoms with Gasteiger partial charge in [0.1, 0.15) is 6.04 Å². The molecule has 30 heavy (non-hydrogen) atoms. The van der Waals surface area contributed by atoms with Crippen LogP contribution in [0.15, 0.2) is 66.7 Å². The van der Waals surface area contributed by atoms with Gasteiger partial charge in [-0.05, 0) is 11.1 Å². The van der Waals surface area contributed by atoms with Crippen molar-refractivity contribution < 1.29 is 13.2 Å². The number of nitrogens with zero attached hydrogens (tertiary/aromatic N) is 3. The van der Waals surface area contributed by atoms with Gasteiger partial charge in [0.15, 0.2) is 0 Å². The van der Waals surface area contributed by atoms with Crippen LogP contribution in [0.2, 0.25) is 0 Å². The number of rotatable bonds is 7. The molecule has 0 spiro atoms. The quantitative estimate of drug-likeness (QED) is 0.681. The number of amides is 1. The summed E-state index contributed by atoms with van der Waals surface area (Å²) in [6, 6.07) is 18.4. The first-order valence-electron chi connectivity index (χ1n) is 10.1. The summed E-state index contributed by atoms with van der Waals surface area (Å²) in [5.74, 6) is -0.173. The molecular formula is C23H29N3O3S. The maximum Gasteiger partial charge on any atom is 0.245 e. The van der Waals surface area contributed by atoms with Gasteiger partial charge >= 0.3 is 0 Å². The minimum atomic E-state index is -3.52. The second kappa shape index (κ2) is 10.0. The number of piperazine rings is 1. The maximum atomic E-state index is 13.3. The Morgan fingerprint density at radius 2 is 1.57 bits per heavy atom. The van der Waals surface area contributed by atoms with Crippen molar-refractivity contribution in [1.29, 1.82) is 0 Å². The summed E-state index contributed by atoms with van der Waals surface area (Å²) in [4.78, 5) is 17.3. The molecule has 1 fully saturated rings. The van der Waals surface area contributed by atoms with Crippen molar-refractivity contribution in [2.45, 2.75) is 6.04 Å². The molecule has 1 amide bonds. The van der Waals surface area contributed by atoms with Gasteiger partial charge in [0.05, 0.1) is 6.26 Å². The fourth-order valence-corrected chi connectivity index (χ4v) is 4.16. The van der Waals surface area contributed by atoms with E-state index in [9.17, 15) is 13.2 Å². The average molecular weight is 428 g/mol. The topological polar surface area (TPSA) is 60.9 Å². The Bertz CT molecular complexity index is 954. The van der Waals surface area contributed by atoms with Crippen LogP contribution in [0.4, 0.5) is 0 Å². The third kappa shape index (κ3) is 5.78. The molecule has 0 saturated carbocycles. The summed E-state index contributed by atoms with van der Waals surface area (Å²) in [6.07, 6.45) is 5.37. The van der Waals surface area contributed by atoms with Crippen molar-refractivity contribution in [3.05, 3.63) is 77.9 Å². The highest BCUT2D eigenvalue weighted by Crippen LogP contribution is 2.24. The zero-order chi connectivity index (χ0) is 21.6. The van der Waals surface area contributed by atoms with Gasteiger partial charge in [-0.1, -0.05) is 72.8 Å². The van der Waals surface area contributed by atoms with Crippen LogP contribution in [0.3, 0.4) is 0 Å². The number of benzene rings is 2. The summed E-state index contributed by atoms with van der Waals surface area (Å²) in [5.41, 5.74) is 1.85. The predicted octanol–water partition coefficient (Wildman–Crippen LogP) is 2.48. The lowest BCUT2D eigenvalue weighted by molar-refractivity contribution is -0.137. The van der Waals surface area contributed by atoms with Crippen molar-refractivity contribution >= 4 is 22.0 Å². The molecule has 2 aromatic rings.